The van der Waals surface area contributed by atoms with Crippen molar-refractivity contribution in [2.45, 2.75) is 40.7 Å². The molecule has 0 unspecified atom stereocenters. The molecule has 2 aromatic carbocycles. The highest BCUT2D eigenvalue weighted by molar-refractivity contribution is 7.14. The summed E-state index contributed by atoms with van der Waals surface area (Å²) in [6.45, 7) is 7.55. The summed E-state index contributed by atoms with van der Waals surface area (Å²) in [6.07, 6.45) is 1.15. The molecule has 42 heavy (non-hydrogen) atoms. The molecule has 0 saturated heterocycles. The molecule has 0 N–H and O–H groups in total. The minimum Gasteiger partial charge on any atom is -0.490 e. The minimum absolute atomic E-state index is 0.119. The zero-order chi connectivity index (χ0) is 30.8. The van der Waals surface area contributed by atoms with Gasteiger partial charge in [-0.15, -0.1) is 11.3 Å². The van der Waals surface area contributed by atoms with E-state index in [1.54, 1.807) is 57.2 Å². The molecule has 0 aliphatic carbocycles. The number of hydrogen-bond donors (Lipinski definition) is 0. The van der Waals surface area contributed by atoms with E-state index in [1.165, 1.54) is 6.08 Å². The molecule has 0 amide bonds. The smallest absolute Gasteiger partial charge is 0.348 e. The molecule has 0 saturated carbocycles. The number of nitriles is 1. The Balaban J connectivity index is 1.88. The predicted octanol–water partition coefficient (Wildman–Crippen LogP) is 7.41. The van der Waals surface area contributed by atoms with Gasteiger partial charge in [-0.05, 0) is 69.2 Å². The molecule has 0 fully saturated rings. The Morgan fingerprint density at radius 3 is 2.29 bits per heavy atom. The molecule has 220 valence electrons. The minimum atomic E-state index is -0.649. The van der Waals surface area contributed by atoms with E-state index in [2.05, 4.69) is 0 Å². The van der Waals surface area contributed by atoms with Crippen molar-refractivity contribution in [1.29, 1.82) is 5.26 Å². The standard InChI is InChI=1S/C31H29Cl2NO7S/c1-5-38-26-13-19(8-11-25(26)41-17-20-9-10-22(32)14-23(20)33)12-21(16-34)24(35)15-27-28(30(36)39-6-2)18(4)29(42-27)31(37)40-7-3/h8-14H,5-7,15,17H2,1-4H3/b21-12+. The lowest BCUT2D eigenvalue weighted by molar-refractivity contribution is -0.114. The second-order valence-electron chi connectivity index (χ2n) is 8.73. The van der Waals surface area contributed by atoms with E-state index in [4.69, 9.17) is 42.1 Å². The van der Waals surface area contributed by atoms with Crippen LogP contribution < -0.4 is 9.47 Å². The van der Waals surface area contributed by atoms with E-state index in [9.17, 15) is 19.6 Å². The molecule has 3 aromatic rings. The molecule has 0 atom stereocenters. The quantitative estimate of drug-likeness (QED) is 0.109. The monoisotopic (exact) mass is 629 g/mol. The molecule has 1 aromatic heterocycles. The molecule has 0 radical (unpaired) electrons. The molecule has 0 spiro atoms. The molecular weight excluding hydrogens is 601 g/mol. The largest absolute Gasteiger partial charge is 0.490 e. The normalized spacial score (nSPS) is 11.0. The van der Waals surface area contributed by atoms with Crippen LogP contribution in [0.2, 0.25) is 10.0 Å². The first-order chi connectivity index (χ1) is 20.1. The molecular formula is C31H29Cl2NO7S. The van der Waals surface area contributed by atoms with Crippen molar-refractivity contribution >= 4 is 58.3 Å². The van der Waals surface area contributed by atoms with Gasteiger partial charge in [-0.2, -0.15) is 5.26 Å². The van der Waals surface area contributed by atoms with Crippen molar-refractivity contribution in [1.82, 2.24) is 0 Å². The number of rotatable bonds is 13. The van der Waals surface area contributed by atoms with Gasteiger partial charge >= 0.3 is 11.9 Å². The van der Waals surface area contributed by atoms with Crippen LogP contribution in [0.1, 0.15) is 62.4 Å². The second-order valence-corrected chi connectivity index (χ2v) is 10.7. The van der Waals surface area contributed by atoms with Crippen LogP contribution in [0, 0.1) is 18.3 Å². The van der Waals surface area contributed by atoms with Gasteiger partial charge in [0.2, 0.25) is 0 Å². The summed E-state index contributed by atoms with van der Waals surface area (Å²) in [7, 11) is 0. The lowest BCUT2D eigenvalue weighted by Gasteiger charge is -2.13. The average molecular weight is 631 g/mol. The summed E-state index contributed by atoms with van der Waals surface area (Å²) in [5.74, 6) is -0.910. The number of thiophene rings is 1. The lowest BCUT2D eigenvalue weighted by atomic mass is 10.0. The fraction of sp³-hybridized carbons (Fsp3) is 0.290. The first-order valence-corrected chi connectivity index (χ1v) is 14.7. The predicted molar refractivity (Wildman–Crippen MR) is 162 cm³/mol. The number of Topliss-reactive ketones (excluding diaryl/α,β-unsaturated/α-hetero) is 1. The van der Waals surface area contributed by atoms with Crippen molar-refractivity contribution in [2.24, 2.45) is 0 Å². The number of allylic oxidation sites excluding steroid dienone is 1. The van der Waals surface area contributed by atoms with Gasteiger partial charge in [0.1, 0.15) is 17.6 Å². The van der Waals surface area contributed by atoms with Crippen LogP contribution in [0.15, 0.2) is 42.0 Å². The van der Waals surface area contributed by atoms with Crippen molar-refractivity contribution in [2.75, 3.05) is 19.8 Å². The fourth-order valence-corrected chi connectivity index (χ4v) is 5.59. The Bertz CT molecular complexity index is 1560. The van der Waals surface area contributed by atoms with Crippen LogP contribution in [0.3, 0.4) is 0 Å². The molecule has 0 aliphatic rings. The number of halogens is 2. The summed E-state index contributed by atoms with van der Waals surface area (Å²) in [6, 6.07) is 12.1. The first kappa shape index (κ1) is 32.7. The van der Waals surface area contributed by atoms with Crippen LogP contribution in [-0.4, -0.2) is 37.5 Å². The van der Waals surface area contributed by atoms with E-state index in [1.807, 2.05) is 13.0 Å². The van der Waals surface area contributed by atoms with Crippen LogP contribution in [0.4, 0.5) is 0 Å². The summed E-state index contributed by atoms with van der Waals surface area (Å²) in [4.78, 5) is 38.9. The molecule has 0 bridgehead atoms. The van der Waals surface area contributed by atoms with Crippen LogP contribution >= 0.6 is 34.5 Å². The summed E-state index contributed by atoms with van der Waals surface area (Å²) < 4.78 is 21.9. The SMILES string of the molecule is CCOC(=O)c1sc(CC(=O)/C(C#N)=C/c2ccc(OCc3ccc(Cl)cc3Cl)c(OCC)c2)c(C(=O)OCC)c1C. The van der Waals surface area contributed by atoms with Crippen LogP contribution in [0.25, 0.3) is 6.08 Å². The number of nitrogens with zero attached hydrogens (tertiary/aromatic N) is 1. The Morgan fingerprint density at radius 1 is 0.929 bits per heavy atom. The molecule has 3 rings (SSSR count). The maximum absolute atomic E-state index is 13.3. The van der Waals surface area contributed by atoms with Gasteiger partial charge in [0.05, 0.1) is 31.0 Å². The van der Waals surface area contributed by atoms with Crippen molar-refractivity contribution < 1.29 is 33.3 Å². The van der Waals surface area contributed by atoms with Gasteiger partial charge in [0, 0.05) is 26.9 Å². The summed E-state index contributed by atoms with van der Waals surface area (Å²) in [5.41, 5.74) is 1.63. The number of hydrogen-bond acceptors (Lipinski definition) is 9. The number of esters is 2. The molecule has 11 heteroatoms. The lowest BCUT2D eigenvalue weighted by Crippen LogP contribution is -2.12. The Hall–Kier alpha value is -3.84. The van der Waals surface area contributed by atoms with Gasteiger partial charge in [-0.25, -0.2) is 9.59 Å². The van der Waals surface area contributed by atoms with Crippen LogP contribution in [0.5, 0.6) is 11.5 Å². The fourth-order valence-electron chi connectivity index (χ4n) is 3.94. The van der Waals surface area contributed by atoms with Gasteiger partial charge in [-0.3, -0.25) is 4.79 Å². The van der Waals surface area contributed by atoms with E-state index in [0.717, 1.165) is 16.9 Å². The zero-order valence-corrected chi connectivity index (χ0v) is 25.9. The highest BCUT2D eigenvalue weighted by Crippen LogP contribution is 2.33. The van der Waals surface area contributed by atoms with E-state index < -0.39 is 17.7 Å². The zero-order valence-electron chi connectivity index (χ0n) is 23.5. The Kier molecular flexibility index (Phi) is 12.0. The van der Waals surface area contributed by atoms with Gasteiger partial charge in [0.15, 0.2) is 17.3 Å². The van der Waals surface area contributed by atoms with Gasteiger partial charge in [-0.1, -0.05) is 35.3 Å². The third kappa shape index (κ3) is 8.13. The number of carbonyl (C=O) groups excluding carboxylic acids is 3. The Labute approximate surface area is 258 Å². The highest BCUT2D eigenvalue weighted by Gasteiger charge is 2.28. The number of carbonyl (C=O) groups is 3. The number of ether oxygens (including phenoxy) is 4. The topological polar surface area (TPSA) is 112 Å². The van der Waals surface area contributed by atoms with Gasteiger partial charge < -0.3 is 18.9 Å². The van der Waals surface area contributed by atoms with Crippen molar-refractivity contribution in [3.8, 4) is 17.6 Å². The van der Waals surface area contributed by atoms with Crippen LogP contribution in [-0.2, 0) is 27.3 Å². The third-order valence-electron chi connectivity index (χ3n) is 5.88. The third-order valence-corrected chi connectivity index (χ3v) is 7.74. The van der Waals surface area contributed by atoms with Gasteiger partial charge in [0.25, 0.3) is 0 Å². The Morgan fingerprint density at radius 2 is 1.64 bits per heavy atom. The number of benzene rings is 2. The first-order valence-electron chi connectivity index (χ1n) is 13.1. The maximum Gasteiger partial charge on any atom is 0.348 e. The molecule has 1 heterocycles. The highest BCUT2D eigenvalue weighted by atomic mass is 35.5. The summed E-state index contributed by atoms with van der Waals surface area (Å²) >= 11 is 13.2. The van der Waals surface area contributed by atoms with E-state index in [-0.39, 0.29) is 42.3 Å². The molecule has 0 aliphatic heterocycles. The summed E-state index contributed by atoms with van der Waals surface area (Å²) in [5, 5.41) is 10.8. The number of ketones is 1. The van der Waals surface area contributed by atoms with E-state index in [0.29, 0.717) is 44.2 Å². The average Bonchev–Trinajstić information content (AvgIpc) is 3.27. The van der Waals surface area contributed by atoms with Crippen molar-refractivity contribution in [3.63, 3.8) is 0 Å². The van der Waals surface area contributed by atoms with E-state index >= 15 is 0 Å². The second kappa shape index (κ2) is 15.4. The van der Waals surface area contributed by atoms with Crippen molar-refractivity contribution in [3.05, 3.63) is 84.0 Å². The molecule has 8 nitrogen and oxygen atoms in total. The maximum atomic E-state index is 13.3.